The van der Waals surface area contributed by atoms with Crippen LogP contribution < -0.4 is 5.32 Å². The third-order valence-electron chi connectivity index (χ3n) is 3.50. The molecule has 2 atom stereocenters. The van der Waals surface area contributed by atoms with Gasteiger partial charge in [0.1, 0.15) is 0 Å². The van der Waals surface area contributed by atoms with Crippen molar-refractivity contribution in [2.24, 2.45) is 0 Å². The maximum atomic E-state index is 11.6. The zero-order valence-corrected chi connectivity index (χ0v) is 13.2. The van der Waals surface area contributed by atoms with Crippen molar-refractivity contribution >= 4 is 9.84 Å². The summed E-state index contributed by atoms with van der Waals surface area (Å²) >= 11 is 0. The SMILES string of the molecule is CCS(=O)(=O)C[C@@H](C)N[C@@H]1CC(C)(C)OC1(C)C. The number of sulfone groups is 1. The fraction of sp³-hybridized carbons (Fsp3) is 1.00. The van der Waals surface area contributed by atoms with E-state index in [0.717, 1.165) is 6.42 Å². The maximum Gasteiger partial charge on any atom is 0.151 e. The highest BCUT2D eigenvalue weighted by molar-refractivity contribution is 7.91. The van der Waals surface area contributed by atoms with Gasteiger partial charge in [0, 0.05) is 17.8 Å². The molecule has 1 saturated heterocycles. The Kier molecular flexibility index (Phi) is 4.51. The van der Waals surface area contributed by atoms with Crippen LogP contribution in [0.1, 0.15) is 48.0 Å². The van der Waals surface area contributed by atoms with Crippen molar-refractivity contribution in [1.29, 1.82) is 0 Å². The van der Waals surface area contributed by atoms with Gasteiger partial charge < -0.3 is 10.1 Å². The van der Waals surface area contributed by atoms with Crippen LogP contribution in [0.4, 0.5) is 0 Å². The molecule has 1 aliphatic rings. The second-order valence-electron chi connectivity index (χ2n) is 6.49. The summed E-state index contributed by atoms with van der Waals surface area (Å²) in [6.07, 6.45) is 0.899. The Labute approximate surface area is 111 Å². The highest BCUT2D eigenvalue weighted by atomic mass is 32.2. The third-order valence-corrected chi connectivity index (χ3v) is 5.39. The lowest BCUT2D eigenvalue weighted by Gasteiger charge is -2.30. The van der Waals surface area contributed by atoms with E-state index in [0.29, 0.717) is 0 Å². The minimum absolute atomic E-state index is 0.0447. The van der Waals surface area contributed by atoms with E-state index in [4.69, 9.17) is 4.74 Å². The molecular formula is C13H27NO3S. The molecular weight excluding hydrogens is 250 g/mol. The number of nitrogens with one attached hydrogen (secondary N) is 1. The molecule has 0 aromatic carbocycles. The summed E-state index contributed by atoms with van der Waals surface area (Å²) in [5.74, 6) is 0.394. The summed E-state index contributed by atoms with van der Waals surface area (Å²) in [7, 11) is -2.93. The van der Waals surface area contributed by atoms with Gasteiger partial charge in [0.2, 0.25) is 0 Å². The van der Waals surface area contributed by atoms with E-state index in [2.05, 4.69) is 33.0 Å². The number of hydrogen-bond donors (Lipinski definition) is 1. The molecule has 0 saturated carbocycles. The van der Waals surface area contributed by atoms with Gasteiger partial charge in [0.25, 0.3) is 0 Å². The van der Waals surface area contributed by atoms with Gasteiger partial charge in [-0.1, -0.05) is 6.92 Å². The second kappa shape index (κ2) is 5.10. The molecule has 0 bridgehead atoms. The lowest BCUT2D eigenvalue weighted by molar-refractivity contribution is -0.0702. The van der Waals surface area contributed by atoms with Crippen molar-refractivity contribution in [1.82, 2.24) is 5.32 Å². The zero-order valence-electron chi connectivity index (χ0n) is 12.4. The molecule has 0 spiro atoms. The van der Waals surface area contributed by atoms with E-state index in [1.165, 1.54) is 0 Å². The van der Waals surface area contributed by atoms with E-state index in [1.54, 1.807) is 6.92 Å². The standard InChI is InChI=1S/C13H27NO3S/c1-7-18(15,16)9-10(2)14-11-8-12(3,4)17-13(11,5)6/h10-11,14H,7-9H2,1-6H3/t10-,11-/m1/s1. The first-order chi connectivity index (χ1) is 7.97. The first-order valence-electron chi connectivity index (χ1n) is 6.64. The van der Waals surface area contributed by atoms with Gasteiger partial charge in [-0.15, -0.1) is 0 Å². The van der Waals surface area contributed by atoms with Crippen LogP contribution in [0.2, 0.25) is 0 Å². The zero-order chi connectivity index (χ0) is 14.2. The third kappa shape index (κ3) is 4.21. The minimum atomic E-state index is -2.93. The second-order valence-corrected chi connectivity index (χ2v) is 8.89. The molecule has 0 aromatic heterocycles. The topological polar surface area (TPSA) is 55.4 Å². The number of ether oxygens (including phenoxy) is 1. The van der Waals surface area contributed by atoms with Gasteiger partial charge in [-0.2, -0.15) is 0 Å². The van der Waals surface area contributed by atoms with Crippen molar-refractivity contribution in [3.05, 3.63) is 0 Å². The Bertz CT molecular complexity index is 387. The summed E-state index contributed by atoms with van der Waals surface area (Å²) in [4.78, 5) is 0. The molecule has 1 fully saturated rings. The van der Waals surface area contributed by atoms with Crippen LogP contribution in [0.25, 0.3) is 0 Å². The Morgan fingerprint density at radius 1 is 1.33 bits per heavy atom. The predicted molar refractivity (Wildman–Crippen MR) is 74.6 cm³/mol. The molecule has 18 heavy (non-hydrogen) atoms. The fourth-order valence-corrected chi connectivity index (χ4v) is 3.81. The highest BCUT2D eigenvalue weighted by Crippen LogP contribution is 2.37. The average molecular weight is 277 g/mol. The van der Waals surface area contributed by atoms with Crippen molar-refractivity contribution in [3.63, 3.8) is 0 Å². The van der Waals surface area contributed by atoms with Gasteiger partial charge in [0.15, 0.2) is 9.84 Å². The van der Waals surface area contributed by atoms with Crippen molar-refractivity contribution in [3.8, 4) is 0 Å². The van der Waals surface area contributed by atoms with E-state index in [9.17, 15) is 8.42 Å². The van der Waals surface area contributed by atoms with Crippen LogP contribution in [0.15, 0.2) is 0 Å². The molecule has 0 aliphatic carbocycles. The number of hydrogen-bond acceptors (Lipinski definition) is 4. The van der Waals surface area contributed by atoms with Crippen LogP contribution in [0.5, 0.6) is 0 Å². The molecule has 1 heterocycles. The normalized spacial score (nSPS) is 28.2. The summed E-state index contributed by atoms with van der Waals surface area (Å²) in [5.41, 5.74) is -0.405. The summed E-state index contributed by atoms with van der Waals surface area (Å²) < 4.78 is 29.2. The van der Waals surface area contributed by atoms with E-state index in [-0.39, 0.29) is 34.8 Å². The largest absolute Gasteiger partial charge is 0.368 e. The molecule has 0 unspecified atom stereocenters. The lowest BCUT2D eigenvalue weighted by atomic mass is 9.94. The first kappa shape index (κ1) is 15.9. The first-order valence-corrected chi connectivity index (χ1v) is 8.46. The molecule has 5 heteroatoms. The van der Waals surface area contributed by atoms with Gasteiger partial charge in [-0.25, -0.2) is 8.42 Å². The smallest absolute Gasteiger partial charge is 0.151 e. The van der Waals surface area contributed by atoms with E-state index >= 15 is 0 Å². The molecule has 0 aromatic rings. The lowest BCUT2D eigenvalue weighted by Crippen LogP contribution is -2.49. The van der Waals surface area contributed by atoms with E-state index in [1.807, 2.05) is 6.92 Å². The fourth-order valence-electron chi connectivity index (χ4n) is 2.71. The monoisotopic (exact) mass is 277 g/mol. The highest BCUT2D eigenvalue weighted by Gasteiger charge is 2.46. The van der Waals surface area contributed by atoms with Gasteiger partial charge in [0.05, 0.1) is 17.0 Å². The summed E-state index contributed by atoms with van der Waals surface area (Å²) in [5, 5.41) is 3.41. The molecule has 0 amide bonds. The predicted octanol–water partition coefficient (Wildman–Crippen LogP) is 1.75. The van der Waals surface area contributed by atoms with Crippen molar-refractivity contribution in [2.45, 2.75) is 71.2 Å². The van der Waals surface area contributed by atoms with Crippen LogP contribution >= 0.6 is 0 Å². The molecule has 1 rings (SSSR count). The molecule has 1 N–H and O–H groups in total. The van der Waals surface area contributed by atoms with Crippen LogP contribution in [-0.2, 0) is 14.6 Å². The molecule has 0 radical (unpaired) electrons. The van der Waals surface area contributed by atoms with Gasteiger partial charge >= 0.3 is 0 Å². The minimum Gasteiger partial charge on any atom is -0.368 e. The molecule has 4 nitrogen and oxygen atoms in total. The Morgan fingerprint density at radius 3 is 2.28 bits per heavy atom. The van der Waals surface area contributed by atoms with Gasteiger partial charge in [-0.05, 0) is 41.0 Å². The van der Waals surface area contributed by atoms with Crippen LogP contribution in [0.3, 0.4) is 0 Å². The van der Waals surface area contributed by atoms with Crippen LogP contribution in [0, 0.1) is 0 Å². The quantitative estimate of drug-likeness (QED) is 0.832. The molecule has 1 aliphatic heterocycles. The van der Waals surface area contributed by atoms with Crippen molar-refractivity contribution in [2.75, 3.05) is 11.5 Å². The van der Waals surface area contributed by atoms with Crippen LogP contribution in [-0.4, -0.2) is 43.2 Å². The van der Waals surface area contributed by atoms with Crippen molar-refractivity contribution < 1.29 is 13.2 Å². The Hall–Kier alpha value is -0.130. The maximum absolute atomic E-state index is 11.6. The summed E-state index contributed by atoms with van der Waals surface area (Å²) in [6, 6.07) is 0.145. The van der Waals surface area contributed by atoms with E-state index < -0.39 is 9.84 Å². The number of rotatable bonds is 5. The Balaban J connectivity index is 2.63. The van der Waals surface area contributed by atoms with Gasteiger partial charge in [-0.3, -0.25) is 0 Å². The molecule has 108 valence electrons. The average Bonchev–Trinajstić information content (AvgIpc) is 2.33. The Morgan fingerprint density at radius 2 is 1.89 bits per heavy atom. The summed E-state index contributed by atoms with van der Waals surface area (Å²) in [6.45, 7) is 11.9.